The monoisotopic (exact) mass is 373 g/mol. The Balaban J connectivity index is 1.61. The summed E-state index contributed by atoms with van der Waals surface area (Å²) in [6.07, 6.45) is 4.59. The van der Waals surface area contributed by atoms with Gasteiger partial charge in [-0.25, -0.2) is 4.98 Å². The van der Waals surface area contributed by atoms with Gasteiger partial charge in [-0.05, 0) is 18.8 Å². The van der Waals surface area contributed by atoms with E-state index in [1.54, 1.807) is 0 Å². The lowest BCUT2D eigenvalue weighted by Gasteiger charge is -2.21. The molecular formula is C16H19F4N5O. The van der Waals surface area contributed by atoms with Gasteiger partial charge in [-0.2, -0.15) is 27.6 Å². The van der Waals surface area contributed by atoms with Crippen molar-refractivity contribution in [3.05, 3.63) is 24.4 Å². The maximum absolute atomic E-state index is 13.8. The van der Waals surface area contributed by atoms with Crippen molar-refractivity contribution in [1.82, 2.24) is 19.7 Å². The molecule has 1 aliphatic rings. The normalized spacial score (nSPS) is 15.8. The first-order chi connectivity index (χ1) is 12.4. The Morgan fingerprint density at radius 2 is 1.96 bits per heavy atom. The van der Waals surface area contributed by atoms with E-state index in [4.69, 9.17) is 4.74 Å². The zero-order valence-electron chi connectivity index (χ0n) is 14.0. The Kier molecular flexibility index (Phi) is 5.58. The summed E-state index contributed by atoms with van der Waals surface area (Å²) >= 11 is 0. The van der Waals surface area contributed by atoms with Crippen LogP contribution in [-0.4, -0.2) is 32.5 Å². The fraction of sp³-hybridized carbons (Fsp3) is 0.562. The van der Waals surface area contributed by atoms with E-state index in [0.717, 1.165) is 36.6 Å². The highest BCUT2D eigenvalue weighted by Crippen LogP contribution is 2.25. The first-order valence-corrected chi connectivity index (χ1v) is 8.40. The van der Waals surface area contributed by atoms with Gasteiger partial charge in [0, 0.05) is 6.20 Å². The first kappa shape index (κ1) is 18.4. The van der Waals surface area contributed by atoms with Gasteiger partial charge in [-0.1, -0.05) is 19.3 Å². The number of nitrogens with one attached hydrogen (secondary N) is 1. The molecule has 0 unspecified atom stereocenters. The Bertz CT molecular complexity index is 728. The van der Waals surface area contributed by atoms with E-state index < -0.39 is 18.5 Å². The number of aromatic nitrogens is 4. The molecule has 3 rings (SSSR count). The maximum Gasteiger partial charge on any atom is 0.408 e. The SMILES string of the molecule is Fc1cnc(Nc2cnn(CC(F)(F)F)c2)nc1OCC1CCCCC1. The lowest BCUT2D eigenvalue weighted by atomic mass is 9.90. The van der Waals surface area contributed by atoms with Crippen LogP contribution in [0.25, 0.3) is 0 Å². The predicted octanol–water partition coefficient (Wildman–Crippen LogP) is 4.08. The highest BCUT2D eigenvalue weighted by atomic mass is 19.4. The van der Waals surface area contributed by atoms with Crippen LogP contribution in [0.2, 0.25) is 0 Å². The molecule has 1 aliphatic carbocycles. The standard InChI is InChI=1S/C16H19F4N5O/c17-13-7-21-15(23-12-6-22-25(8-12)10-16(18,19)20)24-14(13)26-9-11-4-2-1-3-5-11/h6-8,11H,1-5,9-10H2,(H,21,23,24). The minimum atomic E-state index is -4.37. The maximum atomic E-state index is 13.8. The van der Waals surface area contributed by atoms with Crippen molar-refractivity contribution in [3.63, 3.8) is 0 Å². The van der Waals surface area contributed by atoms with Crippen molar-refractivity contribution in [1.29, 1.82) is 0 Å². The summed E-state index contributed by atoms with van der Waals surface area (Å²) in [6.45, 7) is -0.814. The third-order valence-corrected chi connectivity index (χ3v) is 4.12. The molecule has 10 heteroatoms. The lowest BCUT2D eigenvalue weighted by Crippen LogP contribution is -2.17. The van der Waals surface area contributed by atoms with Crippen molar-refractivity contribution >= 4 is 11.6 Å². The van der Waals surface area contributed by atoms with Gasteiger partial charge in [-0.3, -0.25) is 4.68 Å². The fourth-order valence-electron chi connectivity index (χ4n) is 2.89. The third-order valence-electron chi connectivity index (χ3n) is 4.12. The zero-order chi connectivity index (χ0) is 18.6. The molecule has 0 bridgehead atoms. The summed E-state index contributed by atoms with van der Waals surface area (Å²) in [6, 6.07) is 0. The van der Waals surface area contributed by atoms with Crippen molar-refractivity contribution in [2.75, 3.05) is 11.9 Å². The zero-order valence-corrected chi connectivity index (χ0v) is 14.0. The average molecular weight is 373 g/mol. The highest BCUT2D eigenvalue weighted by molar-refractivity contribution is 5.50. The van der Waals surface area contributed by atoms with Crippen molar-refractivity contribution < 1.29 is 22.3 Å². The summed E-state index contributed by atoms with van der Waals surface area (Å²) in [5.41, 5.74) is 0.263. The molecule has 2 heterocycles. The minimum absolute atomic E-state index is 0.0246. The highest BCUT2D eigenvalue weighted by Gasteiger charge is 2.28. The third kappa shape index (κ3) is 5.30. The Morgan fingerprint density at radius 1 is 1.19 bits per heavy atom. The van der Waals surface area contributed by atoms with Crippen LogP contribution in [0.3, 0.4) is 0 Å². The Morgan fingerprint density at radius 3 is 2.69 bits per heavy atom. The van der Waals surface area contributed by atoms with E-state index in [9.17, 15) is 17.6 Å². The molecule has 1 saturated carbocycles. The summed E-state index contributed by atoms with van der Waals surface area (Å²) < 4.78 is 57.1. The number of rotatable bonds is 6. The fourth-order valence-corrected chi connectivity index (χ4v) is 2.89. The molecular weight excluding hydrogens is 354 g/mol. The van der Waals surface area contributed by atoms with Crippen LogP contribution < -0.4 is 10.1 Å². The van der Waals surface area contributed by atoms with Gasteiger partial charge in [-0.15, -0.1) is 0 Å². The number of anilines is 2. The molecule has 6 nitrogen and oxygen atoms in total. The number of nitrogens with zero attached hydrogens (tertiary/aromatic N) is 4. The van der Waals surface area contributed by atoms with E-state index in [0.29, 0.717) is 12.5 Å². The Labute approximate surface area is 147 Å². The largest absolute Gasteiger partial charge is 0.475 e. The van der Waals surface area contributed by atoms with Crippen molar-refractivity contribution in [2.45, 2.75) is 44.8 Å². The molecule has 26 heavy (non-hydrogen) atoms. The number of hydrogen-bond donors (Lipinski definition) is 1. The molecule has 2 aromatic heterocycles. The summed E-state index contributed by atoms with van der Waals surface area (Å²) in [4.78, 5) is 7.73. The number of halogens is 4. The molecule has 1 fully saturated rings. The second kappa shape index (κ2) is 7.88. The minimum Gasteiger partial charge on any atom is -0.475 e. The molecule has 0 amide bonds. The van der Waals surface area contributed by atoms with Gasteiger partial charge < -0.3 is 10.1 Å². The smallest absolute Gasteiger partial charge is 0.408 e. The van der Waals surface area contributed by atoms with Crippen LogP contribution in [0, 0.1) is 11.7 Å². The Hall–Kier alpha value is -2.39. The van der Waals surface area contributed by atoms with E-state index in [1.165, 1.54) is 18.8 Å². The lowest BCUT2D eigenvalue weighted by molar-refractivity contribution is -0.142. The molecule has 0 aliphatic heterocycles. The molecule has 0 atom stereocenters. The van der Waals surface area contributed by atoms with Crippen LogP contribution in [-0.2, 0) is 6.54 Å². The van der Waals surface area contributed by atoms with E-state index >= 15 is 0 Å². The topological polar surface area (TPSA) is 64.9 Å². The van der Waals surface area contributed by atoms with Crippen LogP contribution in [0.5, 0.6) is 5.88 Å². The number of alkyl halides is 3. The summed E-state index contributed by atoms with van der Waals surface area (Å²) in [5, 5.41) is 6.30. The molecule has 1 N–H and O–H groups in total. The predicted molar refractivity (Wildman–Crippen MR) is 85.6 cm³/mol. The van der Waals surface area contributed by atoms with Crippen molar-refractivity contribution in [3.8, 4) is 5.88 Å². The van der Waals surface area contributed by atoms with Gasteiger partial charge >= 0.3 is 6.18 Å². The van der Waals surface area contributed by atoms with Gasteiger partial charge in [0.15, 0.2) is 0 Å². The van der Waals surface area contributed by atoms with Gasteiger partial charge in [0.05, 0.1) is 24.7 Å². The van der Waals surface area contributed by atoms with Gasteiger partial charge in [0.25, 0.3) is 5.88 Å². The molecule has 2 aromatic rings. The van der Waals surface area contributed by atoms with E-state index in [-0.39, 0.29) is 17.5 Å². The summed E-state index contributed by atoms with van der Waals surface area (Å²) in [5.74, 6) is -0.443. The van der Waals surface area contributed by atoms with Crippen LogP contribution in [0.15, 0.2) is 18.6 Å². The van der Waals surface area contributed by atoms with E-state index in [1.807, 2.05) is 0 Å². The molecule has 0 spiro atoms. The van der Waals surface area contributed by atoms with Gasteiger partial charge in [0.1, 0.15) is 6.54 Å². The van der Waals surface area contributed by atoms with Crippen LogP contribution in [0.1, 0.15) is 32.1 Å². The van der Waals surface area contributed by atoms with Crippen LogP contribution >= 0.6 is 0 Å². The van der Waals surface area contributed by atoms with Crippen LogP contribution in [0.4, 0.5) is 29.2 Å². The first-order valence-electron chi connectivity index (χ1n) is 8.40. The molecule has 0 saturated heterocycles. The second-order valence-corrected chi connectivity index (χ2v) is 6.33. The average Bonchev–Trinajstić information content (AvgIpc) is 3.01. The van der Waals surface area contributed by atoms with Crippen molar-refractivity contribution in [2.24, 2.45) is 5.92 Å². The second-order valence-electron chi connectivity index (χ2n) is 6.33. The molecule has 0 radical (unpaired) electrons. The molecule has 142 valence electrons. The number of hydrogen-bond acceptors (Lipinski definition) is 5. The number of ether oxygens (including phenoxy) is 1. The summed E-state index contributed by atoms with van der Waals surface area (Å²) in [7, 11) is 0. The quantitative estimate of drug-likeness (QED) is 0.773. The van der Waals surface area contributed by atoms with E-state index in [2.05, 4.69) is 20.4 Å². The molecule has 0 aromatic carbocycles. The van der Waals surface area contributed by atoms with Gasteiger partial charge in [0.2, 0.25) is 11.8 Å².